The molecule has 0 bridgehead atoms. The molecule has 168 valence electrons. The van der Waals surface area contributed by atoms with Crippen molar-refractivity contribution in [3.63, 3.8) is 0 Å². The van der Waals surface area contributed by atoms with Crippen LogP contribution in [0.15, 0.2) is 5.16 Å². The van der Waals surface area contributed by atoms with Crippen molar-refractivity contribution in [2.45, 2.75) is 68.3 Å². The Morgan fingerprint density at radius 1 is 1.20 bits per heavy atom. The molecule has 1 aliphatic carbocycles. The third kappa shape index (κ3) is 4.05. The van der Waals surface area contributed by atoms with Crippen LogP contribution < -0.4 is 4.18 Å². The summed E-state index contributed by atoms with van der Waals surface area (Å²) in [6.45, 7) is 5.32. The van der Waals surface area contributed by atoms with Crippen LogP contribution in [-0.4, -0.2) is 53.3 Å². The SMILES string of the molecule is CSc1nc(OS(=O)(=O)C(F)(F)F)c2c(n1)C1(CCC1)N(C(=O)OC(C)(C)C)CC2. The first-order chi connectivity index (χ1) is 13.7. The van der Waals surface area contributed by atoms with Crippen molar-refractivity contribution in [1.29, 1.82) is 0 Å². The van der Waals surface area contributed by atoms with E-state index < -0.39 is 38.7 Å². The molecule has 3 rings (SSSR count). The molecule has 0 radical (unpaired) electrons. The number of nitrogens with zero attached hydrogens (tertiary/aromatic N) is 3. The molecule has 0 unspecified atom stereocenters. The van der Waals surface area contributed by atoms with E-state index in [0.717, 1.165) is 18.2 Å². The van der Waals surface area contributed by atoms with Gasteiger partial charge in [-0.15, -0.1) is 0 Å². The van der Waals surface area contributed by atoms with Crippen molar-refractivity contribution >= 4 is 28.0 Å². The number of amides is 1. The standard InChI is InChI=1S/C17H22F3N3O5S2/c1-15(2,3)27-14(24)23-9-6-10-11(16(23)7-5-8-16)21-13(29-4)22-12(10)28-30(25,26)17(18,19)20/h5-9H2,1-4H3. The van der Waals surface area contributed by atoms with E-state index in [1.807, 2.05) is 0 Å². The maximum atomic E-state index is 12.9. The summed E-state index contributed by atoms with van der Waals surface area (Å²) in [6, 6.07) is 0. The van der Waals surface area contributed by atoms with E-state index in [2.05, 4.69) is 14.2 Å². The molecule has 1 amide bonds. The lowest BCUT2D eigenvalue weighted by Crippen LogP contribution is -2.58. The lowest BCUT2D eigenvalue weighted by molar-refractivity contribution is -0.0503. The van der Waals surface area contributed by atoms with Gasteiger partial charge in [0.2, 0.25) is 5.88 Å². The largest absolute Gasteiger partial charge is 0.534 e. The minimum atomic E-state index is -5.89. The van der Waals surface area contributed by atoms with E-state index >= 15 is 0 Å². The third-order valence-corrected chi connectivity index (χ3v) is 6.43. The fourth-order valence-electron chi connectivity index (χ4n) is 3.53. The van der Waals surface area contributed by atoms with Crippen LogP contribution in [0.3, 0.4) is 0 Å². The predicted molar refractivity (Wildman–Crippen MR) is 102 cm³/mol. The van der Waals surface area contributed by atoms with E-state index in [9.17, 15) is 26.4 Å². The van der Waals surface area contributed by atoms with Gasteiger partial charge < -0.3 is 8.92 Å². The number of thioether (sulfide) groups is 1. The topological polar surface area (TPSA) is 98.7 Å². The van der Waals surface area contributed by atoms with E-state index in [-0.39, 0.29) is 23.7 Å². The molecule has 8 nitrogen and oxygen atoms in total. The second-order valence-electron chi connectivity index (χ2n) is 8.09. The Morgan fingerprint density at radius 3 is 2.30 bits per heavy atom. The quantitative estimate of drug-likeness (QED) is 0.287. The van der Waals surface area contributed by atoms with Crippen molar-refractivity contribution in [2.24, 2.45) is 0 Å². The van der Waals surface area contributed by atoms with Gasteiger partial charge in [-0.2, -0.15) is 26.6 Å². The molecule has 1 spiro atoms. The first kappa shape index (κ1) is 22.9. The second kappa shape index (κ2) is 7.43. The summed E-state index contributed by atoms with van der Waals surface area (Å²) in [5.41, 5.74) is -6.72. The number of carbonyl (C=O) groups excluding carboxylic acids is 1. The number of alkyl halides is 3. The van der Waals surface area contributed by atoms with Gasteiger partial charge in [0.15, 0.2) is 5.16 Å². The molecule has 1 saturated carbocycles. The van der Waals surface area contributed by atoms with E-state index in [0.29, 0.717) is 18.5 Å². The average Bonchev–Trinajstić information content (AvgIpc) is 2.56. The van der Waals surface area contributed by atoms with Crippen LogP contribution in [0.25, 0.3) is 0 Å². The van der Waals surface area contributed by atoms with Crippen LogP contribution >= 0.6 is 11.8 Å². The zero-order chi connectivity index (χ0) is 22.5. The summed E-state index contributed by atoms with van der Waals surface area (Å²) in [7, 11) is -5.89. The summed E-state index contributed by atoms with van der Waals surface area (Å²) in [5.74, 6) is -0.642. The normalized spacial score (nSPS) is 18.6. The second-order valence-corrected chi connectivity index (χ2v) is 10.4. The van der Waals surface area contributed by atoms with Crippen molar-refractivity contribution in [3.05, 3.63) is 11.3 Å². The molecule has 1 fully saturated rings. The smallest absolute Gasteiger partial charge is 0.444 e. The van der Waals surface area contributed by atoms with E-state index in [4.69, 9.17) is 4.74 Å². The van der Waals surface area contributed by atoms with Crippen LogP contribution in [0.5, 0.6) is 5.88 Å². The van der Waals surface area contributed by atoms with Crippen molar-refractivity contribution < 1.29 is 35.3 Å². The first-order valence-corrected chi connectivity index (χ1v) is 11.8. The number of carbonyl (C=O) groups is 1. The molecule has 2 aliphatic rings. The fraction of sp³-hybridized carbons (Fsp3) is 0.706. The van der Waals surface area contributed by atoms with E-state index in [1.54, 1.807) is 27.0 Å². The highest BCUT2D eigenvalue weighted by Crippen LogP contribution is 2.51. The van der Waals surface area contributed by atoms with Gasteiger partial charge in [-0.3, -0.25) is 4.90 Å². The zero-order valence-electron chi connectivity index (χ0n) is 16.9. The average molecular weight is 470 g/mol. The molecular weight excluding hydrogens is 447 g/mol. The molecule has 13 heteroatoms. The van der Waals surface area contributed by atoms with Gasteiger partial charge in [0, 0.05) is 12.1 Å². The monoisotopic (exact) mass is 469 g/mol. The summed E-state index contributed by atoms with van der Waals surface area (Å²) < 4.78 is 71.6. The summed E-state index contributed by atoms with van der Waals surface area (Å²) in [5, 5.41) is 0.0541. The van der Waals surface area contributed by atoms with Crippen LogP contribution in [-0.2, 0) is 26.8 Å². The molecule has 2 heterocycles. The number of hydrogen-bond acceptors (Lipinski definition) is 8. The number of rotatable bonds is 3. The Kier molecular flexibility index (Phi) is 5.68. The molecule has 1 aromatic rings. The van der Waals surface area contributed by atoms with Gasteiger partial charge in [-0.25, -0.2) is 9.78 Å². The highest BCUT2D eigenvalue weighted by atomic mass is 32.2. The Hall–Kier alpha value is -1.76. The van der Waals surface area contributed by atoms with E-state index in [1.165, 1.54) is 4.90 Å². The molecule has 0 aromatic carbocycles. The Morgan fingerprint density at radius 2 is 1.83 bits per heavy atom. The summed E-state index contributed by atoms with van der Waals surface area (Å²) in [4.78, 5) is 22.6. The number of hydrogen-bond donors (Lipinski definition) is 0. The first-order valence-electron chi connectivity index (χ1n) is 9.17. The fourth-order valence-corrected chi connectivity index (χ4v) is 4.33. The van der Waals surface area contributed by atoms with Gasteiger partial charge >= 0.3 is 21.7 Å². The van der Waals surface area contributed by atoms with Crippen molar-refractivity contribution in [3.8, 4) is 5.88 Å². The summed E-state index contributed by atoms with van der Waals surface area (Å²) >= 11 is 1.03. The van der Waals surface area contributed by atoms with Crippen molar-refractivity contribution in [1.82, 2.24) is 14.9 Å². The minimum Gasteiger partial charge on any atom is -0.444 e. The molecule has 0 atom stereocenters. The number of fused-ring (bicyclic) bond motifs is 2. The molecule has 0 N–H and O–H groups in total. The predicted octanol–water partition coefficient (Wildman–Crippen LogP) is 3.60. The zero-order valence-corrected chi connectivity index (χ0v) is 18.5. The number of ether oxygens (including phenoxy) is 1. The highest BCUT2D eigenvalue weighted by molar-refractivity contribution is 7.98. The van der Waals surface area contributed by atoms with Gasteiger partial charge in [-0.05, 0) is 52.7 Å². The minimum absolute atomic E-state index is 0.0354. The summed E-state index contributed by atoms with van der Waals surface area (Å²) in [6.07, 6.45) is 2.90. The molecule has 0 saturated heterocycles. The van der Waals surface area contributed by atoms with Gasteiger partial charge in [0.05, 0.1) is 11.2 Å². The van der Waals surface area contributed by atoms with Gasteiger partial charge in [-0.1, -0.05) is 11.8 Å². The Labute approximate surface area is 176 Å². The molecular formula is C17H22F3N3O5S2. The highest BCUT2D eigenvalue weighted by Gasteiger charge is 2.54. The Balaban J connectivity index is 2.08. The number of aromatic nitrogens is 2. The molecule has 30 heavy (non-hydrogen) atoms. The van der Waals surface area contributed by atoms with Crippen LogP contribution in [0.2, 0.25) is 0 Å². The van der Waals surface area contributed by atoms with Gasteiger partial charge in [0.25, 0.3) is 0 Å². The lowest BCUT2D eigenvalue weighted by Gasteiger charge is -2.52. The molecule has 1 aromatic heterocycles. The van der Waals surface area contributed by atoms with Gasteiger partial charge in [0.1, 0.15) is 5.60 Å². The molecule has 1 aliphatic heterocycles. The number of halogens is 3. The van der Waals surface area contributed by atoms with Crippen LogP contribution in [0.1, 0.15) is 51.3 Å². The third-order valence-electron chi connectivity index (χ3n) is 4.94. The Bertz CT molecular complexity index is 957. The van der Waals surface area contributed by atoms with Crippen molar-refractivity contribution in [2.75, 3.05) is 12.8 Å². The van der Waals surface area contributed by atoms with Crippen LogP contribution in [0.4, 0.5) is 18.0 Å². The maximum Gasteiger partial charge on any atom is 0.534 e. The lowest BCUT2D eigenvalue weighted by atomic mass is 9.69. The van der Waals surface area contributed by atoms with Crippen LogP contribution in [0, 0.1) is 0 Å². The maximum absolute atomic E-state index is 12.9.